The molecule has 3 unspecified atom stereocenters. The van der Waals surface area contributed by atoms with Crippen LogP contribution in [-0.2, 0) is 4.79 Å². The predicted molar refractivity (Wildman–Crippen MR) is 87.7 cm³/mol. The van der Waals surface area contributed by atoms with Crippen molar-refractivity contribution in [1.82, 2.24) is 10.2 Å². The zero-order chi connectivity index (χ0) is 16.3. The van der Waals surface area contributed by atoms with Crippen molar-refractivity contribution in [3.05, 3.63) is 35.6 Å². The summed E-state index contributed by atoms with van der Waals surface area (Å²) in [5.41, 5.74) is 1.42. The highest BCUT2D eigenvalue weighted by Gasteiger charge is 2.54. The van der Waals surface area contributed by atoms with Gasteiger partial charge in [-0.05, 0) is 30.5 Å². The van der Waals surface area contributed by atoms with E-state index >= 15 is 0 Å². The minimum Gasteiger partial charge on any atom is -0.325 e. The van der Waals surface area contributed by atoms with Crippen LogP contribution in [0.3, 0.4) is 0 Å². The van der Waals surface area contributed by atoms with Gasteiger partial charge in [0, 0.05) is 12.2 Å². The fourth-order valence-electron chi connectivity index (χ4n) is 3.43. The van der Waals surface area contributed by atoms with Crippen molar-refractivity contribution in [2.45, 2.75) is 40.2 Å². The molecule has 0 radical (unpaired) electrons. The molecule has 0 aromatic carbocycles. The SMILES string of the molecule is CC.CCN1CC2(CC1C#N)C(=O)NC1=C2C=CC(C)C=C1. The Morgan fingerprint density at radius 2 is 2.09 bits per heavy atom. The Hall–Kier alpha value is -1.86. The van der Waals surface area contributed by atoms with Crippen LogP contribution in [0.5, 0.6) is 0 Å². The molecule has 1 amide bonds. The molecular weight excluding hydrogens is 274 g/mol. The zero-order valence-corrected chi connectivity index (χ0v) is 13.9. The summed E-state index contributed by atoms with van der Waals surface area (Å²) in [5, 5.41) is 12.3. The van der Waals surface area contributed by atoms with Crippen molar-refractivity contribution >= 4 is 5.91 Å². The van der Waals surface area contributed by atoms with Gasteiger partial charge < -0.3 is 5.32 Å². The molecule has 0 bridgehead atoms. The van der Waals surface area contributed by atoms with Gasteiger partial charge in [-0.25, -0.2) is 0 Å². The molecular formula is C18H25N3O. The zero-order valence-electron chi connectivity index (χ0n) is 13.9. The molecule has 22 heavy (non-hydrogen) atoms. The fourth-order valence-corrected chi connectivity index (χ4v) is 3.43. The van der Waals surface area contributed by atoms with E-state index in [4.69, 9.17) is 0 Å². The van der Waals surface area contributed by atoms with Crippen molar-refractivity contribution in [2.24, 2.45) is 11.3 Å². The molecule has 0 saturated carbocycles. The lowest BCUT2D eigenvalue weighted by molar-refractivity contribution is -0.126. The van der Waals surface area contributed by atoms with Crippen LogP contribution in [0, 0.1) is 22.7 Å². The van der Waals surface area contributed by atoms with E-state index in [1.54, 1.807) is 0 Å². The minimum absolute atomic E-state index is 0.0440. The lowest BCUT2D eigenvalue weighted by Crippen LogP contribution is -2.37. The molecule has 2 heterocycles. The number of nitrogens with zero attached hydrogens (tertiary/aromatic N) is 2. The summed E-state index contributed by atoms with van der Waals surface area (Å²) >= 11 is 0. The smallest absolute Gasteiger partial charge is 0.236 e. The average Bonchev–Trinajstić information content (AvgIpc) is 2.97. The van der Waals surface area contributed by atoms with Gasteiger partial charge in [-0.2, -0.15) is 5.26 Å². The molecule has 0 aromatic rings. The molecule has 1 aliphatic carbocycles. The number of hydrogen-bond acceptors (Lipinski definition) is 3. The van der Waals surface area contributed by atoms with Crippen LogP contribution in [0.25, 0.3) is 0 Å². The quantitative estimate of drug-likeness (QED) is 0.810. The largest absolute Gasteiger partial charge is 0.325 e. The lowest BCUT2D eigenvalue weighted by Gasteiger charge is -2.23. The van der Waals surface area contributed by atoms with Crippen molar-refractivity contribution < 1.29 is 4.79 Å². The highest BCUT2D eigenvalue weighted by molar-refractivity contribution is 5.93. The van der Waals surface area contributed by atoms with Crippen molar-refractivity contribution in [2.75, 3.05) is 13.1 Å². The lowest BCUT2D eigenvalue weighted by atomic mass is 9.78. The average molecular weight is 299 g/mol. The van der Waals surface area contributed by atoms with Crippen molar-refractivity contribution in [1.29, 1.82) is 5.26 Å². The molecule has 3 rings (SSSR count). The monoisotopic (exact) mass is 299 g/mol. The van der Waals surface area contributed by atoms with E-state index in [1.165, 1.54) is 0 Å². The Kier molecular flexibility index (Phi) is 4.87. The first-order valence-corrected chi connectivity index (χ1v) is 8.17. The van der Waals surface area contributed by atoms with Crippen LogP contribution in [0.1, 0.15) is 34.1 Å². The Morgan fingerprint density at radius 1 is 1.41 bits per heavy atom. The summed E-state index contributed by atoms with van der Waals surface area (Å²) < 4.78 is 0. The number of rotatable bonds is 1. The molecule has 0 aromatic heterocycles. The third kappa shape index (κ3) is 2.50. The Bertz CT molecular complexity index is 582. The topological polar surface area (TPSA) is 56.1 Å². The summed E-state index contributed by atoms with van der Waals surface area (Å²) in [5.74, 6) is 0.410. The van der Waals surface area contributed by atoms with Gasteiger partial charge in [-0.15, -0.1) is 0 Å². The molecule has 1 N–H and O–H groups in total. The number of fused-ring (bicyclic) bond motifs is 1. The Labute approximate surface area is 133 Å². The maximum Gasteiger partial charge on any atom is 0.236 e. The van der Waals surface area contributed by atoms with Gasteiger partial charge in [0.1, 0.15) is 0 Å². The minimum atomic E-state index is -0.545. The Morgan fingerprint density at radius 3 is 2.68 bits per heavy atom. The summed E-state index contributed by atoms with van der Waals surface area (Å²) in [6.45, 7) is 9.59. The van der Waals surface area contributed by atoms with Gasteiger partial charge in [0.15, 0.2) is 0 Å². The van der Waals surface area contributed by atoms with Gasteiger partial charge in [0.05, 0.1) is 17.5 Å². The first kappa shape index (κ1) is 16.5. The number of likely N-dealkylation sites (tertiary alicyclic amines) is 1. The number of carbonyl (C=O) groups is 1. The third-order valence-corrected chi connectivity index (χ3v) is 4.63. The normalized spacial score (nSPS) is 33.1. The molecule has 2 aliphatic heterocycles. The van der Waals surface area contributed by atoms with Gasteiger partial charge >= 0.3 is 0 Å². The molecule has 1 saturated heterocycles. The molecule has 1 spiro atoms. The fraction of sp³-hybridized carbons (Fsp3) is 0.556. The van der Waals surface area contributed by atoms with Crippen LogP contribution < -0.4 is 5.32 Å². The van der Waals surface area contributed by atoms with E-state index < -0.39 is 5.41 Å². The van der Waals surface area contributed by atoms with E-state index in [0.29, 0.717) is 18.9 Å². The van der Waals surface area contributed by atoms with Crippen molar-refractivity contribution in [3.63, 3.8) is 0 Å². The van der Waals surface area contributed by atoms with Crippen LogP contribution >= 0.6 is 0 Å². The van der Waals surface area contributed by atoms with Crippen LogP contribution in [-0.4, -0.2) is 29.9 Å². The van der Waals surface area contributed by atoms with E-state index in [-0.39, 0.29) is 11.9 Å². The van der Waals surface area contributed by atoms with Gasteiger partial charge in [-0.3, -0.25) is 9.69 Å². The predicted octanol–water partition coefficient (Wildman–Crippen LogP) is 2.76. The first-order chi connectivity index (χ1) is 10.6. The molecule has 3 atom stereocenters. The summed E-state index contributed by atoms with van der Waals surface area (Å²) in [6, 6.07) is 2.17. The summed E-state index contributed by atoms with van der Waals surface area (Å²) in [7, 11) is 0. The maximum atomic E-state index is 12.5. The van der Waals surface area contributed by atoms with E-state index in [1.807, 2.05) is 26.8 Å². The molecule has 3 aliphatic rings. The number of amides is 1. The second-order valence-electron chi connectivity index (χ2n) is 5.85. The summed E-state index contributed by atoms with van der Waals surface area (Å²) in [6.07, 6.45) is 8.88. The number of nitrogens with one attached hydrogen (secondary N) is 1. The highest BCUT2D eigenvalue weighted by atomic mass is 16.2. The van der Waals surface area contributed by atoms with Crippen molar-refractivity contribution in [3.8, 4) is 6.07 Å². The van der Waals surface area contributed by atoms with Gasteiger partial charge in [0.2, 0.25) is 5.91 Å². The number of allylic oxidation sites excluding steroid dienone is 4. The van der Waals surface area contributed by atoms with Crippen LogP contribution in [0.4, 0.5) is 0 Å². The third-order valence-electron chi connectivity index (χ3n) is 4.63. The van der Waals surface area contributed by atoms with Gasteiger partial charge in [-0.1, -0.05) is 45.9 Å². The second-order valence-corrected chi connectivity index (χ2v) is 5.85. The number of carbonyl (C=O) groups excluding carboxylic acids is 1. The standard InChI is InChI=1S/C16H19N3O.C2H6/c1-3-19-10-16(8-12(19)9-17)13-6-4-11(2)5-7-14(13)18-15(16)20;1-2/h4-7,11-12H,3,8,10H2,1-2H3,(H,18,20);1-2H3. The molecule has 4 nitrogen and oxygen atoms in total. The van der Waals surface area contributed by atoms with E-state index in [9.17, 15) is 10.1 Å². The highest BCUT2D eigenvalue weighted by Crippen LogP contribution is 2.46. The molecule has 118 valence electrons. The van der Waals surface area contributed by atoms with Crippen LogP contribution in [0.15, 0.2) is 35.6 Å². The first-order valence-electron chi connectivity index (χ1n) is 8.17. The molecule has 4 heteroatoms. The number of nitriles is 1. The maximum absolute atomic E-state index is 12.5. The second kappa shape index (κ2) is 6.50. The summed E-state index contributed by atoms with van der Waals surface area (Å²) in [4.78, 5) is 14.6. The molecule has 1 fully saturated rings. The van der Waals surface area contributed by atoms with Gasteiger partial charge in [0.25, 0.3) is 0 Å². The van der Waals surface area contributed by atoms with E-state index in [2.05, 4.69) is 41.4 Å². The number of hydrogen-bond donors (Lipinski definition) is 1. The van der Waals surface area contributed by atoms with E-state index in [0.717, 1.165) is 17.8 Å². The van der Waals surface area contributed by atoms with Crippen LogP contribution in [0.2, 0.25) is 0 Å². The Balaban J connectivity index is 0.000000847.